The summed E-state index contributed by atoms with van der Waals surface area (Å²) in [7, 11) is 0. The molecule has 1 heterocycles. The van der Waals surface area contributed by atoms with E-state index < -0.39 is 24.6 Å². The molecular formula is C9H13ClF3NO2. The molecule has 0 saturated carbocycles. The smallest absolute Gasteiger partial charge is 0.393 e. The quantitative estimate of drug-likeness (QED) is 0.775. The monoisotopic (exact) mass is 259 g/mol. The molecule has 3 nitrogen and oxygen atoms in total. The van der Waals surface area contributed by atoms with Gasteiger partial charge in [0.05, 0.1) is 5.92 Å². The molecule has 7 heteroatoms. The predicted octanol–water partition coefficient (Wildman–Crippen LogP) is 1.24. The van der Waals surface area contributed by atoms with Gasteiger partial charge in [0.1, 0.15) is 0 Å². The third-order valence-corrected chi connectivity index (χ3v) is 2.95. The van der Waals surface area contributed by atoms with Crippen LogP contribution in [-0.4, -0.2) is 47.7 Å². The van der Waals surface area contributed by atoms with Crippen molar-refractivity contribution in [2.75, 3.05) is 25.6 Å². The Labute approximate surface area is 96.2 Å². The lowest BCUT2D eigenvalue weighted by atomic mass is 9.97. The van der Waals surface area contributed by atoms with E-state index in [0.717, 1.165) is 4.90 Å². The third kappa shape index (κ3) is 3.01. The van der Waals surface area contributed by atoms with Crippen molar-refractivity contribution >= 4 is 17.5 Å². The SMILES string of the molecule is O=C(CCCl)N1CC(CO)C(C(F)(F)F)C1. The summed E-state index contributed by atoms with van der Waals surface area (Å²) in [5, 5.41) is 8.87. The molecule has 1 rings (SSSR count). The van der Waals surface area contributed by atoms with Crippen LogP contribution in [0, 0.1) is 11.8 Å². The van der Waals surface area contributed by atoms with E-state index in [0.29, 0.717) is 0 Å². The van der Waals surface area contributed by atoms with Gasteiger partial charge in [-0.1, -0.05) is 0 Å². The van der Waals surface area contributed by atoms with E-state index in [9.17, 15) is 18.0 Å². The summed E-state index contributed by atoms with van der Waals surface area (Å²) < 4.78 is 37.6. The van der Waals surface area contributed by atoms with Crippen LogP contribution < -0.4 is 0 Å². The topological polar surface area (TPSA) is 40.5 Å². The lowest BCUT2D eigenvalue weighted by molar-refractivity contribution is -0.183. The number of carbonyl (C=O) groups is 1. The summed E-state index contributed by atoms with van der Waals surface area (Å²) in [5.74, 6) is -2.84. The highest BCUT2D eigenvalue weighted by Gasteiger charge is 2.50. The first-order valence-electron chi connectivity index (χ1n) is 4.91. The van der Waals surface area contributed by atoms with Crippen LogP contribution in [0.3, 0.4) is 0 Å². The molecule has 1 aliphatic rings. The second-order valence-electron chi connectivity index (χ2n) is 3.83. The number of carbonyl (C=O) groups excluding carboxylic acids is 1. The van der Waals surface area contributed by atoms with Crippen LogP contribution in [-0.2, 0) is 4.79 Å². The molecule has 1 amide bonds. The third-order valence-electron chi connectivity index (χ3n) is 2.76. The highest BCUT2D eigenvalue weighted by atomic mass is 35.5. The fourth-order valence-corrected chi connectivity index (χ4v) is 2.03. The van der Waals surface area contributed by atoms with Crippen LogP contribution in [0.15, 0.2) is 0 Å². The lowest BCUT2D eigenvalue weighted by Gasteiger charge is -2.18. The fourth-order valence-electron chi connectivity index (χ4n) is 1.87. The van der Waals surface area contributed by atoms with Crippen LogP contribution in [0.1, 0.15) is 6.42 Å². The van der Waals surface area contributed by atoms with E-state index in [-0.39, 0.29) is 31.3 Å². The highest BCUT2D eigenvalue weighted by molar-refractivity contribution is 6.18. The van der Waals surface area contributed by atoms with Crippen LogP contribution >= 0.6 is 11.6 Å². The molecule has 0 radical (unpaired) electrons. The number of hydrogen-bond acceptors (Lipinski definition) is 2. The standard InChI is InChI=1S/C9H13ClF3NO2/c10-2-1-8(16)14-3-6(5-15)7(4-14)9(11,12)13/h6-7,15H,1-5H2. The molecule has 0 aliphatic carbocycles. The maximum atomic E-state index is 12.5. The Balaban J connectivity index is 2.67. The minimum atomic E-state index is -4.37. The maximum absolute atomic E-state index is 12.5. The Kier molecular flexibility index (Phi) is 4.43. The summed E-state index contributed by atoms with van der Waals surface area (Å²) in [6.07, 6.45) is -4.34. The number of rotatable bonds is 3. The first-order chi connectivity index (χ1) is 7.40. The first-order valence-corrected chi connectivity index (χ1v) is 5.45. The number of nitrogens with zero attached hydrogens (tertiary/aromatic N) is 1. The number of likely N-dealkylation sites (tertiary alicyclic amines) is 1. The van der Waals surface area contributed by atoms with Gasteiger partial charge in [-0.15, -0.1) is 11.6 Å². The normalized spacial score (nSPS) is 26.2. The van der Waals surface area contributed by atoms with Crippen molar-refractivity contribution in [3.63, 3.8) is 0 Å². The van der Waals surface area contributed by atoms with Gasteiger partial charge in [-0.05, 0) is 0 Å². The number of alkyl halides is 4. The van der Waals surface area contributed by atoms with Gasteiger partial charge in [-0.3, -0.25) is 4.79 Å². The van der Waals surface area contributed by atoms with Gasteiger partial charge >= 0.3 is 6.18 Å². The molecule has 0 spiro atoms. The Morgan fingerprint density at radius 1 is 1.44 bits per heavy atom. The van der Waals surface area contributed by atoms with Gasteiger partial charge in [0, 0.05) is 37.9 Å². The summed E-state index contributed by atoms with van der Waals surface area (Å²) in [6.45, 7) is -0.977. The predicted molar refractivity (Wildman–Crippen MR) is 52.0 cm³/mol. The number of aliphatic hydroxyl groups is 1. The second kappa shape index (κ2) is 5.23. The van der Waals surface area contributed by atoms with Crippen molar-refractivity contribution in [2.45, 2.75) is 12.6 Å². The minimum Gasteiger partial charge on any atom is -0.396 e. The number of amides is 1. The number of hydrogen-bond donors (Lipinski definition) is 1. The molecule has 0 aromatic heterocycles. The van der Waals surface area contributed by atoms with E-state index in [2.05, 4.69) is 0 Å². The molecule has 1 fully saturated rings. The van der Waals surface area contributed by atoms with Crippen LogP contribution in [0.5, 0.6) is 0 Å². The fraction of sp³-hybridized carbons (Fsp3) is 0.889. The van der Waals surface area contributed by atoms with E-state index >= 15 is 0 Å². The molecular weight excluding hydrogens is 247 g/mol. The number of halogens is 4. The van der Waals surface area contributed by atoms with Gasteiger partial charge in [-0.2, -0.15) is 13.2 Å². The number of aliphatic hydroxyl groups excluding tert-OH is 1. The van der Waals surface area contributed by atoms with Crippen molar-refractivity contribution in [3.8, 4) is 0 Å². The Morgan fingerprint density at radius 3 is 2.44 bits per heavy atom. The Morgan fingerprint density at radius 2 is 2.06 bits per heavy atom. The summed E-state index contributed by atoms with van der Waals surface area (Å²) in [6, 6.07) is 0. The van der Waals surface area contributed by atoms with E-state index in [1.54, 1.807) is 0 Å². The van der Waals surface area contributed by atoms with Crippen molar-refractivity contribution in [3.05, 3.63) is 0 Å². The van der Waals surface area contributed by atoms with Crippen molar-refractivity contribution in [2.24, 2.45) is 11.8 Å². The molecule has 2 atom stereocenters. The zero-order chi connectivity index (χ0) is 12.3. The van der Waals surface area contributed by atoms with Crippen molar-refractivity contribution in [1.82, 2.24) is 4.90 Å². The average Bonchev–Trinajstić information content (AvgIpc) is 2.61. The van der Waals surface area contributed by atoms with Crippen LogP contribution in [0.25, 0.3) is 0 Å². The van der Waals surface area contributed by atoms with E-state index in [1.165, 1.54) is 0 Å². The molecule has 0 aromatic carbocycles. The van der Waals surface area contributed by atoms with E-state index in [1.807, 2.05) is 0 Å². The molecule has 1 N–H and O–H groups in total. The van der Waals surface area contributed by atoms with Crippen LogP contribution in [0.2, 0.25) is 0 Å². The largest absolute Gasteiger partial charge is 0.396 e. The summed E-state index contributed by atoms with van der Waals surface area (Å²) in [5.41, 5.74) is 0. The maximum Gasteiger partial charge on any atom is 0.393 e. The second-order valence-corrected chi connectivity index (χ2v) is 4.21. The van der Waals surface area contributed by atoms with Gasteiger partial charge in [0.25, 0.3) is 0 Å². The highest BCUT2D eigenvalue weighted by Crippen LogP contribution is 2.37. The molecule has 0 aromatic rings. The van der Waals surface area contributed by atoms with Gasteiger partial charge < -0.3 is 10.0 Å². The van der Waals surface area contributed by atoms with Crippen molar-refractivity contribution < 1.29 is 23.1 Å². The minimum absolute atomic E-state index is 0.0320. The molecule has 1 aliphatic heterocycles. The average molecular weight is 260 g/mol. The summed E-state index contributed by atoms with van der Waals surface area (Å²) in [4.78, 5) is 12.5. The molecule has 2 unspecified atom stereocenters. The zero-order valence-corrected chi connectivity index (χ0v) is 9.26. The van der Waals surface area contributed by atoms with E-state index in [4.69, 9.17) is 16.7 Å². The molecule has 16 heavy (non-hydrogen) atoms. The molecule has 94 valence electrons. The summed E-state index contributed by atoms with van der Waals surface area (Å²) >= 11 is 5.35. The lowest BCUT2D eigenvalue weighted by Crippen LogP contribution is -2.32. The zero-order valence-electron chi connectivity index (χ0n) is 8.50. The van der Waals surface area contributed by atoms with Gasteiger partial charge in [0.2, 0.25) is 5.91 Å². The van der Waals surface area contributed by atoms with Crippen molar-refractivity contribution in [1.29, 1.82) is 0 Å². The molecule has 1 saturated heterocycles. The van der Waals surface area contributed by atoms with Gasteiger partial charge in [-0.25, -0.2) is 0 Å². The Bertz CT molecular complexity index is 260. The first kappa shape index (κ1) is 13.6. The molecule has 0 bridgehead atoms. The van der Waals surface area contributed by atoms with Crippen LogP contribution in [0.4, 0.5) is 13.2 Å². The van der Waals surface area contributed by atoms with Gasteiger partial charge in [0.15, 0.2) is 0 Å². The Hall–Kier alpha value is -0.490.